The molecule has 2 saturated carbocycles. The number of carbonyl (C=O) groups is 1. The third-order valence-corrected chi connectivity index (χ3v) is 7.37. The van der Waals surface area contributed by atoms with Gasteiger partial charge in [0, 0.05) is 6.42 Å². The zero-order valence-corrected chi connectivity index (χ0v) is 14.2. The average molecular weight is 316 g/mol. The molecule has 0 aliphatic heterocycles. The zero-order valence-electron chi connectivity index (χ0n) is 14.2. The van der Waals surface area contributed by atoms with E-state index in [2.05, 4.69) is 19.1 Å². The van der Waals surface area contributed by atoms with Crippen LogP contribution in [-0.2, 0) is 4.79 Å². The van der Waals surface area contributed by atoms with Gasteiger partial charge in [0.15, 0.2) is 5.78 Å². The SMILES string of the molecule is CC1=C2C=C[C@@]3(C)C[C@@H]4C[C@H](O)[C@H](O)C[C@@H]4C[C@@H]3[C@@H]2CCC1=O. The minimum atomic E-state index is -0.551. The van der Waals surface area contributed by atoms with Crippen molar-refractivity contribution < 1.29 is 15.0 Å². The van der Waals surface area contributed by atoms with Crippen molar-refractivity contribution in [1.82, 2.24) is 0 Å². The molecule has 0 aromatic heterocycles. The van der Waals surface area contributed by atoms with Crippen molar-refractivity contribution in [2.24, 2.45) is 29.1 Å². The predicted molar refractivity (Wildman–Crippen MR) is 88.6 cm³/mol. The van der Waals surface area contributed by atoms with Gasteiger partial charge in [-0.15, -0.1) is 0 Å². The van der Waals surface area contributed by atoms with Crippen molar-refractivity contribution in [2.45, 2.75) is 64.6 Å². The zero-order chi connectivity index (χ0) is 16.4. The van der Waals surface area contributed by atoms with Crippen molar-refractivity contribution in [1.29, 1.82) is 0 Å². The normalized spacial score (nSPS) is 49.5. The van der Waals surface area contributed by atoms with Gasteiger partial charge in [-0.3, -0.25) is 4.79 Å². The molecule has 4 aliphatic rings. The lowest BCUT2D eigenvalue weighted by Gasteiger charge is -2.55. The van der Waals surface area contributed by atoms with E-state index >= 15 is 0 Å². The van der Waals surface area contributed by atoms with Gasteiger partial charge in [0.05, 0.1) is 12.2 Å². The van der Waals surface area contributed by atoms with Crippen LogP contribution in [0.4, 0.5) is 0 Å². The van der Waals surface area contributed by atoms with E-state index in [9.17, 15) is 15.0 Å². The highest BCUT2D eigenvalue weighted by molar-refractivity contribution is 5.97. The molecule has 126 valence electrons. The molecule has 0 bridgehead atoms. The molecule has 4 rings (SSSR count). The Hall–Kier alpha value is -0.930. The summed E-state index contributed by atoms with van der Waals surface area (Å²) >= 11 is 0. The summed E-state index contributed by atoms with van der Waals surface area (Å²) in [6.45, 7) is 4.35. The van der Waals surface area contributed by atoms with Crippen LogP contribution < -0.4 is 0 Å². The quantitative estimate of drug-likeness (QED) is 0.722. The number of ketones is 1. The first-order valence-electron chi connectivity index (χ1n) is 9.18. The van der Waals surface area contributed by atoms with Crippen molar-refractivity contribution in [3.63, 3.8) is 0 Å². The topological polar surface area (TPSA) is 57.5 Å². The summed E-state index contributed by atoms with van der Waals surface area (Å²) < 4.78 is 0. The van der Waals surface area contributed by atoms with Gasteiger partial charge < -0.3 is 10.2 Å². The molecule has 0 aromatic rings. The van der Waals surface area contributed by atoms with Crippen molar-refractivity contribution in [3.05, 3.63) is 23.3 Å². The van der Waals surface area contributed by atoms with Crippen LogP contribution in [0.2, 0.25) is 0 Å². The van der Waals surface area contributed by atoms with Gasteiger partial charge in [-0.2, -0.15) is 0 Å². The highest BCUT2D eigenvalue weighted by Gasteiger charge is 2.51. The van der Waals surface area contributed by atoms with Gasteiger partial charge in [0.25, 0.3) is 0 Å². The van der Waals surface area contributed by atoms with Gasteiger partial charge in [-0.05, 0) is 79.3 Å². The second-order valence-electron chi connectivity index (χ2n) is 8.66. The van der Waals surface area contributed by atoms with Gasteiger partial charge in [-0.1, -0.05) is 19.1 Å². The van der Waals surface area contributed by atoms with E-state index in [1.54, 1.807) is 0 Å². The Kier molecular flexibility index (Phi) is 3.58. The van der Waals surface area contributed by atoms with E-state index in [1.165, 1.54) is 5.57 Å². The number of rotatable bonds is 0. The van der Waals surface area contributed by atoms with Crippen molar-refractivity contribution >= 4 is 5.78 Å². The standard InChI is InChI=1S/C20H28O3/c1-11-14-5-6-20(2)10-13-9-19(23)18(22)8-12(13)7-16(20)15(14)3-4-17(11)21/h5-6,12-13,15-16,18-19,22-23H,3-4,7-10H2,1-2H3/t12-,13-,15+,16+,18+,19-,20-/m0/s1. The van der Waals surface area contributed by atoms with E-state index in [4.69, 9.17) is 0 Å². The van der Waals surface area contributed by atoms with E-state index in [0.29, 0.717) is 35.9 Å². The Morgan fingerprint density at radius 3 is 2.57 bits per heavy atom. The summed E-state index contributed by atoms with van der Waals surface area (Å²) in [4.78, 5) is 12.0. The minimum absolute atomic E-state index is 0.179. The Morgan fingerprint density at radius 1 is 1.13 bits per heavy atom. The number of allylic oxidation sites excluding steroid dienone is 4. The number of hydrogen-bond acceptors (Lipinski definition) is 3. The predicted octanol–water partition coefficient (Wildman–Crippen LogP) is 3.02. The summed E-state index contributed by atoms with van der Waals surface area (Å²) in [5.41, 5.74) is 2.43. The molecule has 0 saturated heterocycles. The van der Waals surface area contributed by atoms with Crippen LogP contribution in [0.15, 0.2) is 23.3 Å². The second kappa shape index (κ2) is 5.29. The van der Waals surface area contributed by atoms with Crippen LogP contribution in [0, 0.1) is 29.1 Å². The molecular weight excluding hydrogens is 288 g/mol. The van der Waals surface area contributed by atoms with Crippen LogP contribution in [0.3, 0.4) is 0 Å². The van der Waals surface area contributed by atoms with Crippen LogP contribution in [0.5, 0.6) is 0 Å². The summed E-state index contributed by atoms with van der Waals surface area (Å²) in [5, 5.41) is 20.1. The molecule has 0 aromatic carbocycles. The van der Waals surface area contributed by atoms with E-state index in [0.717, 1.165) is 37.7 Å². The lowest BCUT2D eigenvalue weighted by Crippen LogP contribution is -2.49. The maximum atomic E-state index is 12.0. The molecule has 2 fully saturated rings. The van der Waals surface area contributed by atoms with E-state index in [-0.39, 0.29) is 5.41 Å². The van der Waals surface area contributed by atoms with E-state index in [1.807, 2.05) is 6.92 Å². The number of aliphatic hydroxyl groups is 2. The third-order valence-electron chi connectivity index (χ3n) is 7.37. The first kappa shape index (κ1) is 15.6. The molecule has 3 heteroatoms. The highest BCUT2D eigenvalue weighted by Crippen LogP contribution is 2.58. The number of Topliss-reactive ketones (excluding diaryl/α,β-unsaturated/α-hetero) is 1. The summed E-state index contributed by atoms with van der Waals surface area (Å²) in [5.74, 6) is 2.45. The Morgan fingerprint density at radius 2 is 1.83 bits per heavy atom. The molecule has 0 amide bonds. The second-order valence-corrected chi connectivity index (χ2v) is 8.66. The molecule has 2 N–H and O–H groups in total. The van der Waals surface area contributed by atoms with Crippen LogP contribution in [-0.4, -0.2) is 28.2 Å². The summed E-state index contributed by atoms with van der Waals surface area (Å²) in [6.07, 6.45) is 8.87. The molecule has 3 nitrogen and oxygen atoms in total. The van der Waals surface area contributed by atoms with Gasteiger partial charge in [0.2, 0.25) is 0 Å². The first-order valence-corrected chi connectivity index (χ1v) is 9.18. The van der Waals surface area contributed by atoms with E-state index < -0.39 is 12.2 Å². The number of hydrogen-bond donors (Lipinski definition) is 2. The first-order chi connectivity index (χ1) is 10.9. The highest BCUT2D eigenvalue weighted by atomic mass is 16.3. The Balaban J connectivity index is 1.67. The largest absolute Gasteiger partial charge is 0.390 e. The smallest absolute Gasteiger partial charge is 0.158 e. The van der Waals surface area contributed by atoms with Gasteiger partial charge in [0.1, 0.15) is 0 Å². The summed E-state index contributed by atoms with van der Waals surface area (Å²) in [7, 11) is 0. The average Bonchev–Trinajstić information content (AvgIpc) is 2.50. The van der Waals surface area contributed by atoms with Gasteiger partial charge >= 0.3 is 0 Å². The lowest BCUT2D eigenvalue weighted by atomic mass is 9.50. The van der Waals surface area contributed by atoms with Crippen molar-refractivity contribution in [2.75, 3.05) is 0 Å². The van der Waals surface area contributed by atoms with Crippen LogP contribution in [0.25, 0.3) is 0 Å². The van der Waals surface area contributed by atoms with Crippen LogP contribution >= 0.6 is 0 Å². The number of carbonyl (C=O) groups excluding carboxylic acids is 1. The molecule has 0 heterocycles. The monoisotopic (exact) mass is 316 g/mol. The Labute approximate surface area is 138 Å². The number of fused-ring (bicyclic) bond motifs is 4. The fourth-order valence-corrected chi connectivity index (χ4v) is 6.00. The maximum Gasteiger partial charge on any atom is 0.158 e. The number of aliphatic hydroxyl groups excluding tert-OH is 2. The molecule has 4 aliphatic carbocycles. The maximum absolute atomic E-state index is 12.0. The fourth-order valence-electron chi connectivity index (χ4n) is 6.00. The molecule has 0 unspecified atom stereocenters. The molecule has 7 atom stereocenters. The molecule has 0 radical (unpaired) electrons. The van der Waals surface area contributed by atoms with Crippen LogP contribution in [0.1, 0.15) is 52.4 Å². The van der Waals surface area contributed by atoms with Gasteiger partial charge in [-0.25, -0.2) is 0 Å². The van der Waals surface area contributed by atoms with Crippen molar-refractivity contribution in [3.8, 4) is 0 Å². The summed E-state index contributed by atoms with van der Waals surface area (Å²) in [6, 6.07) is 0. The molecule has 23 heavy (non-hydrogen) atoms. The lowest BCUT2D eigenvalue weighted by molar-refractivity contribution is -0.117. The third kappa shape index (κ3) is 2.35. The molecule has 0 spiro atoms. The molecular formula is C20H28O3. The minimum Gasteiger partial charge on any atom is -0.390 e. The Bertz CT molecular complexity index is 590. The fraction of sp³-hybridized carbons (Fsp3) is 0.750.